The van der Waals surface area contributed by atoms with Gasteiger partial charge in [0.1, 0.15) is 11.9 Å². The smallest absolute Gasteiger partial charge is 0.143 e. The molecule has 0 aromatic heterocycles. The van der Waals surface area contributed by atoms with Crippen LogP contribution in [0.2, 0.25) is 0 Å². The summed E-state index contributed by atoms with van der Waals surface area (Å²) in [6.07, 6.45) is 0. The number of halogens is 2. The maximum Gasteiger partial charge on any atom is 0.143 e. The molecular formula is C10H8BrFN2. The lowest BCUT2D eigenvalue weighted by Crippen LogP contribution is -2.01. The molecule has 2 nitrogen and oxygen atoms in total. The van der Waals surface area contributed by atoms with Crippen molar-refractivity contribution >= 4 is 21.6 Å². The zero-order chi connectivity index (χ0) is 10.6. The van der Waals surface area contributed by atoms with Crippen molar-refractivity contribution in [2.24, 2.45) is 0 Å². The molecule has 72 valence electrons. The molecule has 4 heteroatoms. The van der Waals surface area contributed by atoms with E-state index in [0.29, 0.717) is 12.2 Å². The van der Waals surface area contributed by atoms with E-state index in [1.165, 1.54) is 12.1 Å². The van der Waals surface area contributed by atoms with Crippen LogP contribution in [0.4, 0.5) is 10.1 Å². The van der Waals surface area contributed by atoms with Crippen molar-refractivity contribution < 1.29 is 4.39 Å². The van der Waals surface area contributed by atoms with E-state index < -0.39 is 5.82 Å². The second-order valence-electron chi connectivity index (χ2n) is 2.68. The van der Waals surface area contributed by atoms with E-state index in [9.17, 15) is 4.39 Å². The zero-order valence-corrected chi connectivity index (χ0v) is 8.94. The average molecular weight is 255 g/mol. The Balaban J connectivity index is 2.77. The van der Waals surface area contributed by atoms with E-state index >= 15 is 0 Å². The number of nitrogens with one attached hydrogen (secondary N) is 1. The van der Waals surface area contributed by atoms with E-state index in [1.807, 2.05) is 0 Å². The van der Waals surface area contributed by atoms with Crippen molar-refractivity contribution in [2.75, 3.05) is 11.9 Å². The van der Waals surface area contributed by atoms with Crippen LogP contribution in [0.3, 0.4) is 0 Å². The van der Waals surface area contributed by atoms with Gasteiger partial charge >= 0.3 is 0 Å². The van der Waals surface area contributed by atoms with E-state index in [-0.39, 0.29) is 5.56 Å². The molecule has 0 spiro atoms. The number of benzene rings is 1. The lowest BCUT2D eigenvalue weighted by Gasteiger charge is -2.05. The minimum absolute atomic E-state index is 0.0493. The molecule has 0 saturated carbocycles. The fourth-order valence-corrected chi connectivity index (χ4v) is 1.05. The zero-order valence-electron chi connectivity index (χ0n) is 7.35. The molecule has 0 amide bonds. The molecule has 14 heavy (non-hydrogen) atoms. The summed E-state index contributed by atoms with van der Waals surface area (Å²) in [7, 11) is 0. The molecule has 0 fully saturated rings. The van der Waals surface area contributed by atoms with Gasteiger partial charge in [-0.15, -0.1) is 0 Å². The third-order valence-corrected chi connectivity index (χ3v) is 1.85. The third kappa shape index (κ3) is 2.86. The second-order valence-corrected chi connectivity index (χ2v) is 3.80. The maximum absolute atomic E-state index is 13.1. The molecule has 0 saturated heterocycles. The van der Waals surface area contributed by atoms with E-state index in [0.717, 1.165) is 4.48 Å². The molecule has 0 aliphatic heterocycles. The predicted octanol–water partition coefficient (Wildman–Crippen LogP) is 3.02. The SMILES string of the molecule is C=C(Br)CNc1ccc(C#N)c(F)c1. The topological polar surface area (TPSA) is 35.8 Å². The van der Waals surface area contributed by atoms with Crippen molar-refractivity contribution in [2.45, 2.75) is 0 Å². The number of nitrogens with zero attached hydrogens (tertiary/aromatic N) is 1. The van der Waals surface area contributed by atoms with Crippen molar-refractivity contribution in [3.63, 3.8) is 0 Å². The van der Waals surface area contributed by atoms with Crippen LogP contribution in [-0.2, 0) is 0 Å². The van der Waals surface area contributed by atoms with Crippen LogP contribution in [0.1, 0.15) is 5.56 Å². The Bertz CT molecular complexity index is 396. The first kappa shape index (κ1) is 10.7. The van der Waals surface area contributed by atoms with Crippen LogP contribution in [0.25, 0.3) is 0 Å². The van der Waals surface area contributed by atoms with Gasteiger partial charge in [0.15, 0.2) is 0 Å². The number of rotatable bonds is 3. The quantitative estimate of drug-likeness (QED) is 0.901. The highest BCUT2D eigenvalue weighted by Crippen LogP contribution is 2.14. The lowest BCUT2D eigenvalue weighted by molar-refractivity contribution is 0.624. The van der Waals surface area contributed by atoms with Crippen LogP contribution in [0.5, 0.6) is 0 Å². The largest absolute Gasteiger partial charge is 0.380 e. The molecule has 0 aliphatic rings. The van der Waals surface area contributed by atoms with Gasteiger partial charge in [-0.25, -0.2) is 4.39 Å². The van der Waals surface area contributed by atoms with Crippen LogP contribution in [-0.4, -0.2) is 6.54 Å². The summed E-state index contributed by atoms with van der Waals surface area (Å²) in [5.74, 6) is -0.516. The van der Waals surface area contributed by atoms with E-state index in [4.69, 9.17) is 5.26 Å². The Morgan fingerprint density at radius 2 is 2.36 bits per heavy atom. The molecule has 1 aromatic carbocycles. The monoisotopic (exact) mass is 254 g/mol. The van der Waals surface area contributed by atoms with Crippen molar-refractivity contribution in [1.82, 2.24) is 0 Å². The molecular weight excluding hydrogens is 247 g/mol. The minimum Gasteiger partial charge on any atom is -0.380 e. The minimum atomic E-state index is -0.516. The summed E-state index contributed by atoms with van der Waals surface area (Å²) in [6, 6.07) is 6.13. The maximum atomic E-state index is 13.1. The summed E-state index contributed by atoms with van der Waals surface area (Å²) in [4.78, 5) is 0. The van der Waals surface area contributed by atoms with Gasteiger partial charge in [0.25, 0.3) is 0 Å². The Morgan fingerprint density at radius 1 is 1.64 bits per heavy atom. The fraction of sp³-hybridized carbons (Fsp3) is 0.100. The van der Waals surface area contributed by atoms with Crippen LogP contribution in [0, 0.1) is 17.1 Å². The van der Waals surface area contributed by atoms with Gasteiger partial charge in [0.05, 0.1) is 5.56 Å². The molecule has 0 bridgehead atoms. The summed E-state index contributed by atoms with van der Waals surface area (Å²) in [5.41, 5.74) is 0.676. The summed E-state index contributed by atoms with van der Waals surface area (Å²) < 4.78 is 13.9. The van der Waals surface area contributed by atoms with Gasteiger partial charge in [-0.1, -0.05) is 22.5 Å². The number of nitriles is 1. The Hall–Kier alpha value is -1.34. The molecule has 0 heterocycles. The first-order valence-electron chi connectivity index (χ1n) is 3.90. The molecule has 0 atom stereocenters. The second kappa shape index (κ2) is 4.77. The molecule has 0 unspecified atom stereocenters. The van der Waals surface area contributed by atoms with Gasteiger partial charge in [-0.3, -0.25) is 0 Å². The summed E-state index contributed by atoms with van der Waals surface area (Å²) >= 11 is 3.18. The normalized spacial score (nSPS) is 9.21. The van der Waals surface area contributed by atoms with E-state index in [2.05, 4.69) is 27.8 Å². The molecule has 1 rings (SSSR count). The van der Waals surface area contributed by atoms with Gasteiger partial charge in [-0.2, -0.15) is 5.26 Å². The number of hydrogen-bond acceptors (Lipinski definition) is 2. The van der Waals surface area contributed by atoms with Gasteiger partial charge < -0.3 is 5.32 Å². The van der Waals surface area contributed by atoms with Gasteiger partial charge in [0.2, 0.25) is 0 Å². The van der Waals surface area contributed by atoms with Crippen LogP contribution in [0.15, 0.2) is 29.3 Å². The Kier molecular flexibility index (Phi) is 3.66. The highest BCUT2D eigenvalue weighted by molar-refractivity contribution is 9.11. The van der Waals surface area contributed by atoms with Gasteiger partial charge in [-0.05, 0) is 18.2 Å². The molecule has 0 radical (unpaired) electrons. The van der Waals surface area contributed by atoms with Crippen LogP contribution >= 0.6 is 15.9 Å². The fourth-order valence-electron chi connectivity index (χ4n) is 0.914. The first-order chi connectivity index (χ1) is 6.63. The molecule has 1 aromatic rings. The average Bonchev–Trinajstić information content (AvgIpc) is 2.15. The summed E-state index contributed by atoms with van der Waals surface area (Å²) in [6.45, 7) is 4.15. The highest BCUT2D eigenvalue weighted by atomic mass is 79.9. The lowest BCUT2D eigenvalue weighted by atomic mass is 10.2. The first-order valence-corrected chi connectivity index (χ1v) is 4.69. The van der Waals surface area contributed by atoms with Crippen molar-refractivity contribution in [3.8, 4) is 6.07 Å². The highest BCUT2D eigenvalue weighted by Gasteiger charge is 2.01. The van der Waals surface area contributed by atoms with E-state index in [1.54, 1.807) is 12.1 Å². The van der Waals surface area contributed by atoms with Gasteiger partial charge in [0, 0.05) is 16.7 Å². The molecule has 0 aliphatic carbocycles. The Morgan fingerprint density at radius 3 is 2.86 bits per heavy atom. The predicted molar refractivity (Wildman–Crippen MR) is 57.7 cm³/mol. The third-order valence-electron chi connectivity index (χ3n) is 1.57. The standard InChI is InChI=1S/C10H8BrFN2/c1-7(11)6-14-9-3-2-8(5-13)10(12)4-9/h2-4,14H,1,6H2. The Labute approximate surface area is 90.2 Å². The summed E-state index contributed by atoms with van der Waals surface area (Å²) in [5, 5.41) is 11.4. The van der Waals surface area contributed by atoms with Crippen molar-refractivity contribution in [1.29, 1.82) is 5.26 Å². The number of hydrogen-bond donors (Lipinski definition) is 1. The van der Waals surface area contributed by atoms with Crippen LogP contribution < -0.4 is 5.32 Å². The van der Waals surface area contributed by atoms with Crippen molar-refractivity contribution in [3.05, 3.63) is 40.6 Å². The number of anilines is 1. The molecule has 1 N–H and O–H groups in total.